The number of rotatable bonds is 4. The molecule has 0 bridgehead atoms. The first-order valence-corrected chi connectivity index (χ1v) is 10.0. The van der Waals surface area contributed by atoms with Crippen LogP contribution in [0.1, 0.15) is 30.0 Å². The van der Waals surface area contributed by atoms with Crippen LogP contribution in [0.25, 0.3) is 34.3 Å². The molecule has 0 unspecified atom stereocenters. The van der Waals surface area contributed by atoms with E-state index in [1.165, 1.54) is 6.07 Å². The number of hydrogen-bond donors (Lipinski definition) is 2. The summed E-state index contributed by atoms with van der Waals surface area (Å²) >= 11 is 0. The molecule has 4 heterocycles. The maximum Gasteiger partial charge on any atom is 0.137 e. The summed E-state index contributed by atoms with van der Waals surface area (Å²) in [7, 11) is 0. The minimum absolute atomic E-state index is 0.205. The summed E-state index contributed by atoms with van der Waals surface area (Å²) in [6.07, 6.45) is 13.1. The Bertz CT molecular complexity index is 1220. The third-order valence-corrected chi connectivity index (χ3v) is 5.58. The molecule has 5 nitrogen and oxygen atoms in total. The Balaban J connectivity index is 1.45. The lowest BCUT2D eigenvalue weighted by atomic mass is 10.1. The Kier molecular flexibility index (Phi) is 4.88. The topological polar surface area (TPSA) is 58.5 Å². The van der Waals surface area contributed by atoms with E-state index in [-0.39, 0.29) is 5.56 Å². The molecule has 1 saturated heterocycles. The van der Waals surface area contributed by atoms with Crippen LogP contribution in [0, 0.1) is 11.6 Å². The van der Waals surface area contributed by atoms with Crippen molar-refractivity contribution in [3.63, 3.8) is 0 Å². The van der Waals surface area contributed by atoms with Crippen molar-refractivity contribution < 1.29 is 8.78 Å². The van der Waals surface area contributed by atoms with Crippen LogP contribution in [-0.2, 0) is 0 Å². The summed E-state index contributed by atoms with van der Waals surface area (Å²) < 4.78 is 29.4. The summed E-state index contributed by atoms with van der Waals surface area (Å²) in [4.78, 5) is 7.64. The first-order chi connectivity index (χ1) is 14.7. The maximum absolute atomic E-state index is 13.9. The standard InChI is InChI=1S/C23H21F2N5/c24-19-3-4-22(25)15(9-19)1-2-16-11-27-23-21(16)10-17(12-28-23)18-13-29-30(14-18)20-5-7-26-8-6-20/h1-4,9-14,20,26H,5-8H2,(H,27,28). The third-order valence-electron chi connectivity index (χ3n) is 5.58. The van der Waals surface area contributed by atoms with Crippen molar-refractivity contribution in [2.45, 2.75) is 18.9 Å². The molecule has 0 spiro atoms. The van der Waals surface area contributed by atoms with Crippen LogP contribution in [-0.4, -0.2) is 32.8 Å². The number of nitrogens with zero attached hydrogens (tertiary/aromatic N) is 3. The molecule has 1 aliphatic heterocycles. The molecule has 0 radical (unpaired) electrons. The lowest BCUT2D eigenvalue weighted by Crippen LogP contribution is -2.29. The smallest absolute Gasteiger partial charge is 0.137 e. The number of halogens is 2. The van der Waals surface area contributed by atoms with Gasteiger partial charge in [-0.3, -0.25) is 4.68 Å². The van der Waals surface area contributed by atoms with Gasteiger partial charge in [-0.2, -0.15) is 5.10 Å². The van der Waals surface area contributed by atoms with Gasteiger partial charge in [-0.05, 0) is 50.2 Å². The number of benzene rings is 1. The molecule has 30 heavy (non-hydrogen) atoms. The Morgan fingerprint density at radius 2 is 1.83 bits per heavy atom. The molecular formula is C23H21F2N5. The molecule has 2 N–H and O–H groups in total. The van der Waals surface area contributed by atoms with Gasteiger partial charge in [-0.25, -0.2) is 13.8 Å². The second-order valence-corrected chi connectivity index (χ2v) is 7.55. The van der Waals surface area contributed by atoms with Gasteiger partial charge in [-0.1, -0.05) is 12.2 Å². The molecule has 1 aliphatic rings. The molecular weight excluding hydrogens is 384 g/mol. The Labute approximate surface area is 172 Å². The van der Waals surface area contributed by atoms with E-state index in [9.17, 15) is 8.78 Å². The zero-order valence-corrected chi connectivity index (χ0v) is 16.3. The van der Waals surface area contributed by atoms with Crippen LogP contribution in [0.5, 0.6) is 0 Å². The van der Waals surface area contributed by atoms with Gasteiger partial charge in [0.05, 0.1) is 12.2 Å². The highest BCUT2D eigenvalue weighted by Crippen LogP contribution is 2.27. The number of pyridine rings is 1. The molecule has 0 atom stereocenters. The second kappa shape index (κ2) is 7.84. The number of fused-ring (bicyclic) bond motifs is 1. The lowest BCUT2D eigenvalue weighted by Gasteiger charge is -2.22. The molecule has 1 fully saturated rings. The summed E-state index contributed by atoms with van der Waals surface area (Å²) in [5.74, 6) is -0.929. The average Bonchev–Trinajstić information content (AvgIpc) is 3.42. The van der Waals surface area contributed by atoms with Crippen molar-refractivity contribution in [3.05, 3.63) is 71.8 Å². The molecule has 0 saturated carbocycles. The van der Waals surface area contributed by atoms with Crippen LogP contribution >= 0.6 is 0 Å². The van der Waals surface area contributed by atoms with E-state index in [4.69, 9.17) is 0 Å². The number of aromatic nitrogens is 4. The highest BCUT2D eigenvalue weighted by Gasteiger charge is 2.16. The van der Waals surface area contributed by atoms with Gasteiger partial charge in [0, 0.05) is 46.2 Å². The maximum atomic E-state index is 13.9. The van der Waals surface area contributed by atoms with Crippen molar-refractivity contribution in [1.29, 1.82) is 0 Å². The van der Waals surface area contributed by atoms with E-state index >= 15 is 0 Å². The number of aromatic amines is 1. The zero-order chi connectivity index (χ0) is 20.5. The fourth-order valence-corrected chi connectivity index (χ4v) is 3.90. The van der Waals surface area contributed by atoms with Crippen LogP contribution in [0.4, 0.5) is 8.78 Å². The van der Waals surface area contributed by atoms with Crippen molar-refractivity contribution in [2.75, 3.05) is 13.1 Å². The predicted molar refractivity (Wildman–Crippen MR) is 114 cm³/mol. The fourth-order valence-electron chi connectivity index (χ4n) is 3.90. The number of nitrogens with one attached hydrogen (secondary N) is 2. The van der Waals surface area contributed by atoms with Gasteiger partial charge in [0.25, 0.3) is 0 Å². The fraction of sp³-hybridized carbons (Fsp3) is 0.217. The minimum atomic E-state index is -0.468. The summed E-state index contributed by atoms with van der Waals surface area (Å²) in [5.41, 5.74) is 3.78. The van der Waals surface area contributed by atoms with Crippen molar-refractivity contribution in [3.8, 4) is 11.1 Å². The monoisotopic (exact) mass is 405 g/mol. The number of hydrogen-bond acceptors (Lipinski definition) is 3. The first kappa shape index (κ1) is 18.7. The predicted octanol–water partition coefficient (Wildman–Crippen LogP) is 4.80. The third kappa shape index (κ3) is 3.64. The van der Waals surface area contributed by atoms with E-state index in [2.05, 4.69) is 26.6 Å². The van der Waals surface area contributed by atoms with Crippen molar-refractivity contribution >= 4 is 23.2 Å². The van der Waals surface area contributed by atoms with Gasteiger partial charge < -0.3 is 10.3 Å². The van der Waals surface area contributed by atoms with E-state index in [0.717, 1.165) is 65.8 Å². The average molecular weight is 405 g/mol. The molecule has 3 aromatic heterocycles. The summed E-state index contributed by atoms with van der Waals surface area (Å²) in [6, 6.07) is 5.88. The Hall–Kier alpha value is -3.32. The van der Waals surface area contributed by atoms with Gasteiger partial charge in [0.15, 0.2) is 0 Å². The van der Waals surface area contributed by atoms with Gasteiger partial charge in [-0.15, -0.1) is 0 Å². The molecule has 0 aliphatic carbocycles. The van der Waals surface area contributed by atoms with Gasteiger partial charge in [0.2, 0.25) is 0 Å². The van der Waals surface area contributed by atoms with E-state index < -0.39 is 11.6 Å². The van der Waals surface area contributed by atoms with Gasteiger partial charge in [0.1, 0.15) is 17.3 Å². The van der Waals surface area contributed by atoms with Crippen molar-refractivity contribution in [2.24, 2.45) is 0 Å². The first-order valence-electron chi connectivity index (χ1n) is 10.0. The molecule has 0 amide bonds. The Morgan fingerprint density at radius 3 is 2.70 bits per heavy atom. The SMILES string of the molecule is Fc1ccc(F)c(C=Cc2c[nH]c3ncc(-c4cnn(C5CCNCC5)c4)cc23)c1. The largest absolute Gasteiger partial charge is 0.346 e. The number of H-pyrrole nitrogens is 1. The Morgan fingerprint density at radius 1 is 1.00 bits per heavy atom. The van der Waals surface area contributed by atoms with Crippen LogP contribution in [0.15, 0.2) is 49.1 Å². The van der Waals surface area contributed by atoms with Crippen molar-refractivity contribution in [1.82, 2.24) is 25.1 Å². The zero-order valence-electron chi connectivity index (χ0n) is 16.3. The second-order valence-electron chi connectivity index (χ2n) is 7.55. The molecule has 1 aromatic carbocycles. The van der Waals surface area contributed by atoms with Crippen LogP contribution in [0.2, 0.25) is 0 Å². The lowest BCUT2D eigenvalue weighted by molar-refractivity contribution is 0.343. The van der Waals surface area contributed by atoms with E-state index in [1.807, 2.05) is 29.3 Å². The molecule has 5 rings (SSSR count). The summed E-state index contributed by atoms with van der Waals surface area (Å²) in [5, 5.41) is 8.85. The molecule has 4 aromatic rings. The highest BCUT2D eigenvalue weighted by atomic mass is 19.1. The van der Waals surface area contributed by atoms with Gasteiger partial charge >= 0.3 is 0 Å². The quantitative estimate of drug-likeness (QED) is 0.513. The van der Waals surface area contributed by atoms with E-state index in [1.54, 1.807) is 12.2 Å². The molecule has 7 heteroatoms. The minimum Gasteiger partial charge on any atom is -0.346 e. The van der Waals surface area contributed by atoms with E-state index in [0.29, 0.717) is 6.04 Å². The molecule has 152 valence electrons. The normalized spacial score (nSPS) is 15.4. The number of piperidine rings is 1. The highest BCUT2D eigenvalue weighted by molar-refractivity contribution is 5.91. The van der Waals surface area contributed by atoms with Crippen LogP contribution < -0.4 is 5.32 Å². The van der Waals surface area contributed by atoms with Crippen LogP contribution in [0.3, 0.4) is 0 Å². The summed E-state index contributed by atoms with van der Waals surface area (Å²) in [6.45, 7) is 2.02.